The first-order chi connectivity index (χ1) is 5.66. The van der Waals surface area contributed by atoms with Crippen LogP contribution in [0.3, 0.4) is 0 Å². The van der Waals surface area contributed by atoms with E-state index < -0.39 is 0 Å². The van der Waals surface area contributed by atoms with Gasteiger partial charge in [0.15, 0.2) is 0 Å². The molecule has 0 aromatic heterocycles. The fourth-order valence-electron chi connectivity index (χ4n) is 1.74. The third-order valence-corrected chi connectivity index (χ3v) is 3.13. The Morgan fingerprint density at radius 3 is 2.50 bits per heavy atom. The van der Waals surface area contributed by atoms with Gasteiger partial charge in [0.25, 0.3) is 0 Å². The van der Waals surface area contributed by atoms with Crippen LogP contribution in [0.2, 0.25) is 0 Å². The number of rotatable bonds is 4. The van der Waals surface area contributed by atoms with Crippen molar-refractivity contribution in [3.63, 3.8) is 0 Å². The topological polar surface area (TPSA) is 29.3 Å². The van der Waals surface area contributed by atoms with Gasteiger partial charge in [-0.15, -0.1) is 0 Å². The average molecular weight is 186 g/mol. The van der Waals surface area contributed by atoms with E-state index in [2.05, 4.69) is 18.9 Å². The molecule has 0 bridgehead atoms. The van der Waals surface area contributed by atoms with Gasteiger partial charge in [-0.05, 0) is 26.3 Å². The predicted octanol–water partition coefficient (Wildman–Crippen LogP) is 1.54. The molecule has 0 amide bonds. The highest BCUT2D eigenvalue weighted by molar-refractivity contribution is 7.80. The van der Waals surface area contributed by atoms with Gasteiger partial charge in [-0.2, -0.15) is 0 Å². The van der Waals surface area contributed by atoms with Crippen molar-refractivity contribution in [3.05, 3.63) is 0 Å². The van der Waals surface area contributed by atoms with Crippen LogP contribution in [0, 0.1) is 0 Å². The molecule has 0 radical (unpaired) electrons. The molecule has 3 heteroatoms. The molecule has 12 heavy (non-hydrogen) atoms. The Morgan fingerprint density at radius 1 is 1.67 bits per heavy atom. The number of hydrogen-bond acceptors (Lipinski definition) is 2. The summed E-state index contributed by atoms with van der Waals surface area (Å²) < 4.78 is 0. The van der Waals surface area contributed by atoms with Crippen molar-refractivity contribution in [3.8, 4) is 0 Å². The first-order valence-electron chi connectivity index (χ1n) is 4.68. The summed E-state index contributed by atoms with van der Waals surface area (Å²) in [4.78, 5) is 2.98. The molecule has 1 atom stereocenters. The van der Waals surface area contributed by atoms with Gasteiger partial charge >= 0.3 is 0 Å². The van der Waals surface area contributed by atoms with Crippen molar-refractivity contribution in [2.24, 2.45) is 5.73 Å². The van der Waals surface area contributed by atoms with Crippen LogP contribution in [0.5, 0.6) is 0 Å². The van der Waals surface area contributed by atoms with Gasteiger partial charge in [0.2, 0.25) is 0 Å². The van der Waals surface area contributed by atoms with Crippen LogP contribution in [-0.2, 0) is 0 Å². The maximum absolute atomic E-state index is 5.65. The van der Waals surface area contributed by atoms with E-state index in [1.165, 1.54) is 19.3 Å². The number of likely N-dealkylation sites (N-methyl/N-ethyl adjacent to an activating group) is 1. The minimum absolute atomic E-state index is 0.310. The second-order valence-corrected chi connectivity index (χ2v) is 4.05. The van der Waals surface area contributed by atoms with E-state index in [9.17, 15) is 0 Å². The molecule has 0 heterocycles. The average Bonchev–Trinajstić information content (AvgIpc) is 1.83. The maximum atomic E-state index is 5.65. The summed E-state index contributed by atoms with van der Waals surface area (Å²) in [5.41, 5.74) is 5.65. The molecule has 1 unspecified atom stereocenters. The smallest absolute Gasteiger partial charge is 0.0901 e. The van der Waals surface area contributed by atoms with Crippen LogP contribution >= 0.6 is 12.2 Å². The summed E-state index contributed by atoms with van der Waals surface area (Å²) in [5, 5.41) is 0. The van der Waals surface area contributed by atoms with Crippen LogP contribution in [0.4, 0.5) is 0 Å². The molecule has 0 aliphatic heterocycles. The highest BCUT2D eigenvalue weighted by Gasteiger charge is 2.27. The molecule has 2 nitrogen and oxygen atoms in total. The summed E-state index contributed by atoms with van der Waals surface area (Å²) >= 11 is 5.02. The van der Waals surface area contributed by atoms with E-state index in [0.717, 1.165) is 12.5 Å². The SMILES string of the molecule is CCC(C(N)=S)N(C)C1CCC1. The molecule has 70 valence electrons. The summed E-state index contributed by atoms with van der Waals surface area (Å²) in [6.07, 6.45) is 5.02. The molecule has 0 aromatic carbocycles. The zero-order valence-electron chi connectivity index (χ0n) is 7.92. The minimum atomic E-state index is 0.310. The van der Waals surface area contributed by atoms with Gasteiger partial charge in [0, 0.05) is 6.04 Å². The number of nitrogens with two attached hydrogens (primary N) is 1. The predicted molar refractivity (Wildman–Crippen MR) is 56.3 cm³/mol. The van der Waals surface area contributed by atoms with Crippen LogP contribution < -0.4 is 5.73 Å². The molecular weight excluding hydrogens is 168 g/mol. The lowest BCUT2D eigenvalue weighted by molar-refractivity contribution is 0.137. The van der Waals surface area contributed by atoms with Gasteiger partial charge in [-0.1, -0.05) is 25.6 Å². The Balaban J connectivity index is 2.46. The Hall–Kier alpha value is -0.150. The summed E-state index contributed by atoms with van der Waals surface area (Å²) in [6, 6.07) is 1.04. The number of hydrogen-bond donors (Lipinski definition) is 1. The van der Waals surface area contributed by atoms with Crippen molar-refractivity contribution in [2.75, 3.05) is 7.05 Å². The van der Waals surface area contributed by atoms with E-state index in [1.54, 1.807) is 0 Å². The summed E-state index contributed by atoms with van der Waals surface area (Å²) in [5.74, 6) is 0. The normalized spacial score (nSPS) is 20.6. The lowest BCUT2D eigenvalue weighted by Gasteiger charge is -2.39. The summed E-state index contributed by atoms with van der Waals surface area (Å²) in [6.45, 7) is 2.14. The molecule has 0 saturated heterocycles. The van der Waals surface area contributed by atoms with Gasteiger partial charge in [-0.3, -0.25) is 4.90 Å². The molecule has 0 spiro atoms. The Labute approximate surface area is 80.1 Å². The molecule has 1 rings (SSSR count). The number of nitrogens with zero attached hydrogens (tertiary/aromatic N) is 1. The molecule has 2 N–H and O–H groups in total. The molecule has 1 aliphatic carbocycles. The van der Waals surface area contributed by atoms with Gasteiger partial charge < -0.3 is 5.73 Å². The molecular formula is C9H18N2S. The highest BCUT2D eigenvalue weighted by Crippen LogP contribution is 2.25. The van der Waals surface area contributed by atoms with Crippen LogP contribution in [0.25, 0.3) is 0 Å². The third-order valence-electron chi connectivity index (χ3n) is 2.86. The maximum Gasteiger partial charge on any atom is 0.0901 e. The fourth-order valence-corrected chi connectivity index (χ4v) is 2.07. The molecule has 1 aliphatic rings. The van der Waals surface area contributed by atoms with Crippen molar-refractivity contribution >= 4 is 17.2 Å². The second kappa shape index (κ2) is 4.19. The minimum Gasteiger partial charge on any atom is -0.392 e. The van der Waals surface area contributed by atoms with Crippen molar-refractivity contribution in [2.45, 2.75) is 44.7 Å². The van der Waals surface area contributed by atoms with E-state index in [1.807, 2.05) is 0 Å². The standard InChI is InChI=1S/C9H18N2S/c1-3-8(9(10)12)11(2)7-5-4-6-7/h7-8H,3-6H2,1-2H3,(H2,10,12). The van der Waals surface area contributed by atoms with Crippen LogP contribution in [-0.4, -0.2) is 29.0 Å². The quantitative estimate of drug-likeness (QED) is 0.675. The zero-order chi connectivity index (χ0) is 9.14. The Kier molecular flexibility index (Phi) is 3.47. The number of thiocarbonyl (C=S) groups is 1. The first kappa shape index (κ1) is 9.93. The Morgan fingerprint density at radius 2 is 2.25 bits per heavy atom. The third kappa shape index (κ3) is 1.96. The van der Waals surface area contributed by atoms with Crippen LogP contribution in [0.1, 0.15) is 32.6 Å². The second-order valence-electron chi connectivity index (χ2n) is 3.58. The lowest BCUT2D eigenvalue weighted by Crippen LogP contribution is -2.49. The molecule has 1 saturated carbocycles. The van der Waals surface area contributed by atoms with E-state index >= 15 is 0 Å². The zero-order valence-corrected chi connectivity index (χ0v) is 8.73. The fraction of sp³-hybridized carbons (Fsp3) is 0.889. The van der Waals surface area contributed by atoms with Crippen molar-refractivity contribution in [1.29, 1.82) is 0 Å². The Bertz CT molecular complexity index is 166. The van der Waals surface area contributed by atoms with E-state index in [0.29, 0.717) is 11.0 Å². The van der Waals surface area contributed by atoms with Gasteiger partial charge in [-0.25, -0.2) is 0 Å². The highest BCUT2D eigenvalue weighted by atomic mass is 32.1. The van der Waals surface area contributed by atoms with E-state index in [4.69, 9.17) is 18.0 Å². The first-order valence-corrected chi connectivity index (χ1v) is 5.09. The monoisotopic (exact) mass is 186 g/mol. The van der Waals surface area contributed by atoms with Crippen LogP contribution in [0.15, 0.2) is 0 Å². The van der Waals surface area contributed by atoms with Crippen molar-refractivity contribution < 1.29 is 0 Å². The van der Waals surface area contributed by atoms with Gasteiger partial charge in [0.05, 0.1) is 11.0 Å². The van der Waals surface area contributed by atoms with Gasteiger partial charge in [0.1, 0.15) is 0 Å². The molecule has 1 fully saturated rings. The largest absolute Gasteiger partial charge is 0.392 e. The summed E-state index contributed by atoms with van der Waals surface area (Å²) in [7, 11) is 2.14. The molecule has 0 aromatic rings. The van der Waals surface area contributed by atoms with E-state index in [-0.39, 0.29) is 0 Å². The lowest BCUT2D eigenvalue weighted by atomic mass is 9.90. The van der Waals surface area contributed by atoms with Crippen molar-refractivity contribution in [1.82, 2.24) is 4.90 Å².